The number of carbonyl (C=O) groups excluding carboxylic acids is 1. The highest BCUT2D eigenvalue weighted by atomic mass is 35.5. The minimum absolute atomic E-state index is 0.0920. The number of hydrogen-bond acceptors (Lipinski definition) is 4. The molecule has 44 heavy (non-hydrogen) atoms. The van der Waals surface area contributed by atoms with E-state index < -0.39 is 0 Å². The largest absolute Gasteiger partial charge is 0.492 e. The van der Waals surface area contributed by atoms with Crippen molar-refractivity contribution >= 4 is 40.0 Å². The van der Waals surface area contributed by atoms with Crippen molar-refractivity contribution in [2.75, 3.05) is 32.8 Å². The molecule has 3 aromatic carbocycles. The molecule has 0 aliphatic carbocycles. The maximum atomic E-state index is 13.4. The van der Waals surface area contributed by atoms with Gasteiger partial charge in [0, 0.05) is 62.9 Å². The summed E-state index contributed by atoms with van der Waals surface area (Å²) < 4.78 is 21.3. The molecule has 6 rings (SSSR count). The molecule has 1 aromatic heterocycles. The molecule has 2 aliphatic heterocycles. The second kappa shape index (κ2) is 13.9. The van der Waals surface area contributed by atoms with Crippen molar-refractivity contribution in [2.24, 2.45) is 0 Å². The van der Waals surface area contributed by atoms with Crippen molar-refractivity contribution in [3.63, 3.8) is 0 Å². The molecular formula is C35H39Cl2FN4O2. The average molecular weight is 638 g/mol. The Balaban J connectivity index is 1.06. The van der Waals surface area contributed by atoms with Crippen LogP contribution < -0.4 is 10.1 Å². The molecule has 232 valence electrons. The van der Waals surface area contributed by atoms with E-state index in [4.69, 9.17) is 27.9 Å². The van der Waals surface area contributed by atoms with Crippen molar-refractivity contribution in [2.45, 2.75) is 57.8 Å². The molecule has 0 radical (unpaired) electrons. The van der Waals surface area contributed by atoms with Crippen LogP contribution in [0, 0.1) is 5.82 Å². The van der Waals surface area contributed by atoms with Gasteiger partial charge in [0.05, 0.1) is 21.1 Å². The quantitative estimate of drug-likeness (QED) is 0.179. The molecule has 2 aliphatic rings. The van der Waals surface area contributed by atoms with Crippen molar-refractivity contribution in [3.05, 3.63) is 99.4 Å². The fraction of sp³-hybridized carbons (Fsp3) is 0.400. The Kier molecular flexibility index (Phi) is 9.77. The standard InChI is InChI=1S/C35H39Cl2FN4O2/c1-2-25-5-3-6-30-31(35(43)39-20-24-7-14-32(36)33(37)19-24)23-41(34(25)30)15-4-16-42-27-10-11-28(42)22-40(21-27)17-18-44-29-12-8-26(38)9-13-29/h3,5-9,12-14,19,23,27-28H,2,4,10-11,15-18,20-22H2,1H3,(H,39,43)/t27-,28+. The number of benzene rings is 3. The molecule has 9 heteroatoms. The maximum absolute atomic E-state index is 13.4. The molecule has 2 bridgehead atoms. The molecule has 2 fully saturated rings. The van der Waals surface area contributed by atoms with Crippen LogP contribution in [0.15, 0.2) is 66.9 Å². The van der Waals surface area contributed by atoms with Gasteiger partial charge in [-0.1, -0.05) is 54.4 Å². The lowest BCUT2D eigenvalue weighted by atomic mass is 10.1. The summed E-state index contributed by atoms with van der Waals surface area (Å²) in [6.45, 7) is 8.04. The van der Waals surface area contributed by atoms with Gasteiger partial charge in [0.2, 0.25) is 0 Å². The third kappa shape index (κ3) is 6.91. The lowest BCUT2D eigenvalue weighted by Gasteiger charge is -2.41. The predicted octanol–water partition coefficient (Wildman–Crippen LogP) is 7.20. The van der Waals surface area contributed by atoms with Crippen LogP contribution in [0.1, 0.15) is 47.7 Å². The fourth-order valence-corrected chi connectivity index (χ4v) is 7.20. The molecule has 2 atom stereocenters. The van der Waals surface area contributed by atoms with E-state index in [1.165, 1.54) is 30.5 Å². The number of nitrogens with zero attached hydrogens (tertiary/aromatic N) is 3. The Morgan fingerprint density at radius 3 is 2.48 bits per heavy atom. The summed E-state index contributed by atoms with van der Waals surface area (Å²) in [6.07, 6.45) is 6.42. The SMILES string of the molecule is CCc1cccc2c(C(=O)NCc3ccc(Cl)c(Cl)c3)cn(CCCN3[C@@H]4CC[C@H]3CN(CCOc3ccc(F)cc3)C4)c12. The van der Waals surface area contributed by atoms with E-state index >= 15 is 0 Å². The van der Waals surface area contributed by atoms with Crippen LogP contribution in [0.4, 0.5) is 4.39 Å². The number of aryl methyl sites for hydroxylation is 2. The first-order valence-corrected chi connectivity index (χ1v) is 16.3. The predicted molar refractivity (Wildman–Crippen MR) is 175 cm³/mol. The number of ether oxygens (including phenoxy) is 1. The van der Waals surface area contributed by atoms with Crippen LogP contribution >= 0.6 is 23.2 Å². The number of amides is 1. The Morgan fingerprint density at radius 1 is 0.977 bits per heavy atom. The summed E-state index contributed by atoms with van der Waals surface area (Å²) in [4.78, 5) is 18.6. The van der Waals surface area contributed by atoms with E-state index in [1.807, 2.05) is 18.3 Å². The minimum atomic E-state index is -0.247. The second-order valence-corrected chi connectivity index (χ2v) is 12.7. The number of piperazine rings is 1. The van der Waals surface area contributed by atoms with E-state index in [-0.39, 0.29) is 11.7 Å². The molecule has 2 saturated heterocycles. The van der Waals surface area contributed by atoms with Gasteiger partial charge in [-0.2, -0.15) is 0 Å². The van der Waals surface area contributed by atoms with E-state index in [9.17, 15) is 9.18 Å². The van der Waals surface area contributed by atoms with Crippen molar-refractivity contribution in [1.82, 2.24) is 19.7 Å². The topological polar surface area (TPSA) is 49.7 Å². The van der Waals surface area contributed by atoms with Gasteiger partial charge in [0.25, 0.3) is 5.91 Å². The number of para-hydroxylation sites is 1. The Morgan fingerprint density at radius 2 is 1.75 bits per heavy atom. The first kappa shape index (κ1) is 30.9. The van der Waals surface area contributed by atoms with Gasteiger partial charge in [-0.15, -0.1) is 0 Å². The number of halogens is 3. The number of aromatic nitrogens is 1. The summed E-state index contributed by atoms with van der Waals surface area (Å²) in [6, 6.07) is 19.0. The summed E-state index contributed by atoms with van der Waals surface area (Å²) >= 11 is 12.2. The number of carbonyl (C=O) groups is 1. The van der Waals surface area contributed by atoms with Crippen LogP contribution in [0.5, 0.6) is 5.75 Å². The zero-order valence-electron chi connectivity index (χ0n) is 25.1. The normalized spacial score (nSPS) is 18.6. The molecule has 6 nitrogen and oxygen atoms in total. The van der Waals surface area contributed by atoms with E-state index in [2.05, 4.69) is 38.7 Å². The molecule has 0 spiro atoms. The van der Waals surface area contributed by atoms with Gasteiger partial charge >= 0.3 is 0 Å². The number of fused-ring (bicyclic) bond motifs is 3. The van der Waals surface area contributed by atoms with Gasteiger partial charge in [-0.05, 0) is 73.2 Å². The first-order chi connectivity index (χ1) is 21.4. The summed E-state index contributed by atoms with van der Waals surface area (Å²) in [5, 5.41) is 5.04. The highest BCUT2D eigenvalue weighted by Crippen LogP contribution is 2.31. The molecule has 3 heterocycles. The van der Waals surface area contributed by atoms with E-state index in [0.29, 0.717) is 46.6 Å². The third-order valence-electron chi connectivity index (χ3n) is 9.06. The van der Waals surface area contributed by atoms with Crippen LogP contribution in [0.3, 0.4) is 0 Å². The first-order valence-electron chi connectivity index (χ1n) is 15.6. The minimum Gasteiger partial charge on any atom is -0.492 e. The number of likely N-dealkylation sites (tertiary alicyclic amines) is 1. The monoisotopic (exact) mass is 636 g/mol. The van der Waals surface area contributed by atoms with Gasteiger partial charge in [0.1, 0.15) is 18.2 Å². The Hall–Kier alpha value is -3.10. The number of hydrogen-bond donors (Lipinski definition) is 1. The van der Waals surface area contributed by atoms with Crippen molar-refractivity contribution < 1.29 is 13.9 Å². The average Bonchev–Trinajstić information content (AvgIpc) is 3.51. The third-order valence-corrected chi connectivity index (χ3v) is 9.80. The van der Waals surface area contributed by atoms with Crippen molar-refractivity contribution in [3.8, 4) is 5.75 Å². The molecular weight excluding hydrogens is 598 g/mol. The van der Waals surface area contributed by atoms with E-state index in [1.54, 1.807) is 24.3 Å². The second-order valence-electron chi connectivity index (χ2n) is 11.9. The summed E-state index contributed by atoms with van der Waals surface area (Å²) in [7, 11) is 0. The van der Waals surface area contributed by atoms with Crippen molar-refractivity contribution in [1.29, 1.82) is 0 Å². The molecule has 4 aromatic rings. The molecule has 1 amide bonds. The highest BCUT2D eigenvalue weighted by Gasteiger charge is 2.39. The zero-order chi connectivity index (χ0) is 30.6. The van der Waals surface area contributed by atoms with Gasteiger partial charge < -0.3 is 14.6 Å². The number of nitrogens with one attached hydrogen (secondary N) is 1. The highest BCUT2D eigenvalue weighted by molar-refractivity contribution is 6.42. The van der Waals surface area contributed by atoms with Crippen LogP contribution in [0.25, 0.3) is 10.9 Å². The van der Waals surface area contributed by atoms with Gasteiger partial charge in [0.15, 0.2) is 0 Å². The lowest BCUT2D eigenvalue weighted by molar-refractivity contribution is 0.0574. The van der Waals surface area contributed by atoms with E-state index in [0.717, 1.165) is 62.0 Å². The molecule has 1 N–H and O–H groups in total. The lowest BCUT2D eigenvalue weighted by Crippen LogP contribution is -2.54. The van der Waals surface area contributed by atoms with Crippen LogP contribution in [-0.2, 0) is 19.5 Å². The Bertz CT molecular complexity index is 1590. The van der Waals surface area contributed by atoms with Crippen LogP contribution in [0.2, 0.25) is 10.0 Å². The van der Waals surface area contributed by atoms with Gasteiger partial charge in [-0.25, -0.2) is 4.39 Å². The van der Waals surface area contributed by atoms with Gasteiger partial charge in [-0.3, -0.25) is 14.6 Å². The molecule has 0 saturated carbocycles. The fourth-order valence-electron chi connectivity index (χ4n) is 6.88. The maximum Gasteiger partial charge on any atom is 0.253 e. The summed E-state index contributed by atoms with van der Waals surface area (Å²) in [5.41, 5.74) is 4.01. The number of rotatable bonds is 12. The summed E-state index contributed by atoms with van der Waals surface area (Å²) in [5.74, 6) is 0.373. The van der Waals surface area contributed by atoms with Crippen LogP contribution in [-0.4, -0.2) is 65.1 Å². The smallest absolute Gasteiger partial charge is 0.253 e. The Labute approximate surface area is 268 Å². The zero-order valence-corrected chi connectivity index (χ0v) is 26.6. The molecule has 0 unspecified atom stereocenters.